The average Bonchev–Trinajstić information content (AvgIpc) is 1.64. The van der Waals surface area contributed by atoms with Crippen LogP contribution >= 0.6 is 303 Å². The smallest absolute Gasteiger partial charge is 0.331 e. The number of ketones is 2. The van der Waals surface area contributed by atoms with Gasteiger partial charge in [-0.1, -0.05) is 326 Å². The Morgan fingerprint density at radius 1 is 0.557 bits per heavy atom. The molecule has 0 bridgehead atoms. The van der Waals surface area contributed by atoms with E-state index in [2.05, 4.69) is 87.7 Å². The monoisotopic (exact) mass is 2130 g/mol. The molecule has 0 aromatic heterocycles. The lowest BCUT2D eigenvalue weighted by Crippen LogP contribution is -2.39. The standard InChI is InChI=1S/C16H27BrN2O2.C13H16Cl6O3.C12H14BrCl7O3.C12H15BrCl6O4.C9H12O2.C3H5Cl3/c1-11(8-17)12(14-19-16(4,5)10-21-14)6-7-13-18-15(2,3)9-20-13;1-8-2-4-10(20)9(8)3-5-11(21-6-12(14,15)16)22-7-13(17,18)19;1-7(4-13)8(10(14)21)2-3-9(22-5-11(15,16)17)23-6-12(18,19)20;1-7(4-13)8(10(20)21)2-3-9(22-5-11(14,15)16)23-6-12(17,18)19;1-7-4-5-9(11)8(7)3-2-6-10;1-2-3(4,5)6/h13,18H,6-10H2,1-5H3;11H,2-7H2,1H3;9H,2-6H2,1H3;9H,2-6H2,1H3,(H,20,21);6H,2-5H2,1H3;2H2,1H3/b12-11-;;2*8-7-;;. The molecule has 0 aromatic rings. The highest BCUT2D eigenvalue weighted by Crippen LogP contribution is 2.36. The number of Topliss-reactive ketones (excluding diaryl/α,β-unsaturated/α-hetero) is 2. The Balaban J connectivity index is 0. The molecule has 1 fully saturated rings. The van der Waals surface area contributed by atoms with E-state index in [1.807, 2.05) is 20.8 Å². The van der Waals surface area contributed by atoms with E-state index in [4.69, 9.17) is 298 Å². The van der Waals surface area contributed by atoms with Crippen molar-refractivity contribution in [1.82, 2.24) is 5.32 Å². The number of hydrogen-bond acceptors (Lipinski definition) is 15. The molecule has 41 heteroatoms. The second kappa shape index (κ2) is 54.9. The summed E-state index contributed by atoms with van der Waals surface area (Å²) in [5.74, 6) is 0.181. The van der Waals surface area contributed by atoms with E-state index in [0.29, 0.717) is 79.8 Å². The first-order valence-electron chi connectivity index (χ1n) is 32.1. The van der Waals surface area contributed by atoms with Gasteiger partial charge in [0.2, 0.25) is 33.9 Å². The number of nitrogens with zero attached hydrogens (tertiary/aromatic N) is 1. The molecule has 2 aliphatic heterocycles. The van der Waals surface area contributed by atoms with Crippen molar-refractivity contribution >= 4 is 338 Å². The maximum Gasteiger partial charge on any atom is 0.331 e. The largest absolute Gasteiger partial charge is 0.478 e. The molecule has 16 nitrogen and oxygen atoms in total. The van der Waals surface area contributed by atoms with Gasteiger partial charge < -0.3 is 47.8 Å². The van der Waals surface area contributed by atoms with E-state index in [1.54, 1.807) is 13.8 Å². The summed E-state index contributed by atoms with van der Waals surface area (Å²) in [6.07, 6.45) is 6.80. The topological polar surface area (TPSA) is 204 Å². The normalized spacial score (nSPS) is 17.8. The van der Waals surface area contributed by atoms with Crippen LogP contribution in [-0.4, -0.2) is 172 Å². The maximum atomic E-state index is 11.8. The van der Waals surface area contributed by atoms with E-state index in [-0.39, 0.29) is 93.3 Å². The molecule has 4 aliphatic rings. The number of alkyl halides is 24. The Morgan fingerprint density at radius 2 is 0.906 bits per heavy atom. The van der Waals surface area contributed by atoms with E-state index in [1.165, 1.54) is 16.7 Å². The predicted molar refractivity (Wildman–Crippen MR) is 458 cm³/mol. The second-order valence-corrected chi connectivity index (χ2v) is 44.8. The van der Waals surface area contributed by atoms with Crippen LogP contribution in [0.5, 0.6) is 0 Å². The highest BCUT2D eigenvalue weighted by atomic mass is 79.9. The molecule has 0 saturated carbocycles. The van der Waals surface area contributed by atoms with Crippen molar-refractivity contribution in [3.05, 3.63) is 55.7 Å². The van der Waals surface area contributed by atoms with Crippen LogP contribution in [0.25, 0.3) is 0 Å². The van der Waals surface area contributed by atoms with Crippen LogP contribution in [0, 0.1) is 0 Å². The fraction of sp³-hybridized carbons (Fsp3) is 0.754. The van der Waals surface area contributed by atoms with Crippen molar-refractivity contribution < 1.29 is 67.0 Å². The zero-order chi connectivity index (χ0) is 82.6. The van der Waals surface area contributed by atoms with Crippen molar-refractivity contribution in [3.8, 4) is 0 Å². The third kappa shape index (κ3) is 58.7. The predicted octanol–water partition coefficient (Wildman–Crippen LogP) is 25.4. The Labute approximate surface area is 759 Å². The van der Waals surface area contributed by atoms with Gasteiger partial charge in [-0.2, -0.15) is 0 Å². The second-order valence-electron chi connectivity index (χ2n) is 25.1. The Kier molecular flexibility index (Phi) is 57.9. The van der Waals surface area contributed by atoms with E-state index >= 15 is 0 Å². The lowest BCUT2D eigenvalue weighted by atomic mass is 10.0. The van der Waals surface area contributed by atoms with Crippen LogP contribution in [0.3, 0.4) is 0 Å². The fourth-order valence-corrected chi connectivity index (χ4v) is 11.3. The minimum atomic E-state index is -1.64. The Bertz CT molecular complexity index is 2790. The Morgan fingerprint density at radius 3 is 1.18 bits per heavy atom. The summed E-state index contributed by atoms with van der Waals surface area (Å²) in [7, 11) is 0. The van der Waals surface area contributed by atoms with Gasteiger partial charge in [-0.05, 0) is 143 Å². The summed E-state index contributed by atoms with van der Waals surface area (Å²) < 4.78 is 33.1. The molecule has 4 rings (SSSR count). The quantitative estimate of drug-likeness (QED) is 0.0206. The number of ether oxygens (including phenoxy) is 8. The number of halogens is 25. The first kappa shape index (κ1) is 112. The minimum absolute atomic E-state index is 0.0718. The van der Waals surface area contributed by atoms with Crippen LogP contribution < -0.4 is 5.32 Å². The molecule has 0 amide bonds. The van der Waals surface area contributed by atoms with Crippen LogP contribution in [0.15, 0.2) is 60.7 Å². The van der Waals surface area contributed by atoms with Gasteiger partial charge in [-0.25, -0.2) is 9.79 Å². The van der Waals surface area contributed by atoms with Crippen molar-refractivity contribution in [2.45, 2.75) is 228 Å². The number of carboxylic acid groups (broad SMARTS) is 1. The molecule has 0 radical (unpaired) electrons. The number of carbonyl (C=O) groups excluding carboxylic acids is 4. The van der Waals surface area contributed by atoms with E-state index in [0.717, 1.165) is 72.1 Å². The first-order chi connectivity index (χ1) is 48.2. The zero-order valence-electron chi connectivity index (χ0n) is 59.4. The molecule has 618 valence electrons. The number of carboxylic acids is 1. The molecule has 2 heterocycles. The van der Waals surface area contributed by atoms with Crippen LogP contribution in [0.2, 0.25) is 0 Å². The number of allylic oxidation sites excluding steroid dienone is 8. The van der Waals surface area contributed by atoms with Gasteiger partial charge >= 0.3 is 5.97 Å². The lowest BCUT2D eigenvalue weighted by Gasteiger charge is -2.23. The van der Waals surface area contributed by atoms with Crippen LogP contribution in [0.4, 0.5) is 0 Å². The minimum Gasteiger partial charge on any atom is -0.478 e. The number of carbonyl (C=O) groups is 5. The van der Waals surface area contributed by atoms with E-state index in [9.17, 15) is 29.1 Å². The molecular weight excluding hydrogens is 2050 g/mol. The van der Waals surface area contributed by atoms with Crippen molar-refractivity contribution in [2.24, 2.45) is 4.99 Å². The summed E-state index contributed by atoms with van der Waals surface area (Å²) >= 11 is 133. The van der Waals surface area contributed by atoms with Gasteiger partial charge in [0.05, 0.1) is 51.8 Å². The van der Waals surface area contributed by atoms with Crippen LogP contribution in [-0.2, 0) is 61.9 Å². The molecule has 106 heavy (non-hydrogen) atoms. The summed E-state index contributed by atoms with van der Waals surface area (Å²) in [6.45, 7) is 20.0. The number of aldehydes is 1. The Hall–Kier alpha value is 3.82. The molecule has 1 saturated heterocycles. The van der Waals surface area contributed by atoms with Gasteiger partial charge in [0.1, 0.15) is 19.1 Å². The fourth-order valence-electron chi connectivity index (χ4n) is 8.87. The molecule has 0 aromatic carbocycles. The molecular formula is C65H89Br3Cl22N2O14. The molecule has 2 N–H and O–H groups in total. The number of aliphatic imine (C=N–C) groups is 1. The SMILES string of the molecule is C/C(CBr)=C(\CCC(OCC(Cl)(Cl)Cl)OCC(Cl)(Cl)Cl)C(=O)Cl.C/C(CBr)=C(\CCC(OCC(Cl)(Cl)Cl)OCC(Cl)(Cl)Cl)C(=O)O.C/C(CBr)=C(\CCC1NC(C)(C)CO1)C1=NC(C)(C)CO1.CC1=C(CCC(OCC(Cl)(Cl)Cl)OCC(Cl)(Cl)Cl)C(=O)CC1.CC1=C(CCC=O)C(=O)CC1.CCC(Cl)(Cl)Cl. The number of nitrogens with one attached hydrogen (secondary N) is 1. The summed E-state index contributed by atoms with van der Waals surface area (Å²) in [6, 6.07) is 0. The summed E-state index contributed by atoms with van der Waals surface area (Å²) in [5, 5.41) is 14.0. The zero-order valence-corrected chi connectivity index (χ0v) is 80.8. The van der Waals surface area contributed by atoms with Gasteiger partial charge in [-0.15, -0.1) is 0 Å². The van der Waals surface area contributed by atoms with E-state index < -0.39 is 56.6 Å². The van der Waals surface area contributed by atoms with Gasteiger partial charge in [0.25, 0.3) is 0 Å². The van der Waals surface area contributed by atoms with Gasteiger partial charge in [0, 0.05) is 76.8 Å². The van der Waals surface area contributed by atoms with Crippen LogP contribution in [0.1, 0.15) is 166 Å². The van der Waals surface area contributed by atoms with Crippen molar-refractivity contribution in [3.63, 3.8) is 0 Å². The first-order valence-corrected chi connectivity index (χ1v) is 43.7. The average molecular weight is 2140 g/mol. The highest BCUT2D eigenvalue weighted by molar-refractivity contribution is 9.09. The third-order valence-corrected chi connectivity index (χ3v) is 19.8. The molecule has 1 unspecified atom stereocenters. The summed E-state index contributed by atoms with van der Waals surface area (Å²) in [5.41, 5.74) is 8.59. The number of rotatable bonds is 33. The number of aliphatic carboxylic acids is 1. The van der Waals surface area contributed by atoms with Gasteiger partial charge in [-0.3, -0.25) is 19.7 Å². The molecule has 1 atom stereocenters. The third-order valence-electron chi connectivity index (χ3n) is 14.3. The lowest BCUT2D eigenvalue weighted by molar-refractivity contribution is -0.144. The summed E-state index contributed by atoms with van der Waals surface area (Å²) in [4.78, 5) is 60.4. The van der Waals surface area contributed by atoms with Crippen molar-refractivity contribution in [2.75, 3.05) is 68.8 Å². The van der Waals surface area contributed by atoms with Gasteiger partial charge in [0.15, 0.2) is 34.2 Å². The maximum absolute atomic E-state index is 11.8. The number of hydrogen-bond donors (Lipinski definition) is 2. The van der Waals surface area contributed by atoms with Crippen molar-refractivity contribution in [1.29, 1.82) is 0 Å². The highest BCUT2D eigenvalue weighted by Gasteiger charge is 2.35. The molecule has 0 spiro atoms. The molecule has 2 aliphatic carbocycles.